The third-order valence-electron chi connectivity index (χ3n) is 3.40. The van der Waals surface area contributed by atoms with E-state index in [9.17, 15) is 0 Å². The molecule has 1 aromatic rings. The molecule has 1 aromatic carbocycles. The summed E-state index contributed by atoms with van der Waals surface area (Å²) in [4.78, 5) is 0. The maximum Gasteiger partial charge on any atom is 0.0716 e. The van der Waals surface area contributed by atoms with Crippen LogP contribution in [0.1, 0.15) is 36.8 Å². The van der Waals surface area contributed by atoms with E-state index in [2.05, 4.69) is 34.1 Å². The SMILES string of the molecule is COCc1cc(Br)ccc1C1(N)CCCC1. The summed E-state index contributed by atoms with van der Waals surface area (Å²) >= 11 is 3.50. The molecule has 0 amide bonds. The number of halogens is 1. The smallest absolute Gasteiger partial charge is 0.0716 e. The van der Waals surface area contributed by atoms with Crippen molar-refractivity contribution < 1.29 is 4.74 Å². The van der Waals surface area contributed by atoms with Gasteiger partial charge in [-0.3, -0.25) is 0 Å². The van der Waals surface area contributed by atoms with E-state index in [-0.39, 0.29) is 5.54 Å². The second-order valence-electron chi connectivity index (χ2n) is 4.60. The van der Waals surface area contributed by atoms with Crippen molar-refractivity contribution in [2.24, 2.45) is 5.73 Å². The van der Waals surface area contributed by atoms with Crippen LogP contribution in [0.5, 0.6) is 0 Å². The van der Waals surface area contributed by atoms with E-state index in [1.54, 1.807) is 7.11 Å². The molecular formula is C13H18BrNO. The molecule has 0 unspecified atom stereocenters. The number of hydrogen-bond acceptors (Lipinski definition) is 2. The average molecular weight is 284 g/mol. The lowest BCUT2D eigenvalue weighted by Crippen LogP contribution is -2.34. The Balaban J connectivity index is 2.38. The summed E-state index contributed by atoms with van der Waals surface area (Å²) in [5.74, 6) is 0. The molecule has 2 nitrogen and oxygen atoms in total. The van der Waals surface area contributed by atoms with E-state index in [0.29, 0.717) is 6.61 Å². The highest BCUT2D eigenvalue weighted by Gasteiger charge is 2.32. The lowest BCUT2D eigenvalue weighted by atomic mass is 9.86. The van der Waals surface area contributed by atoms with Crippen LogP contribution in [-0.2, 0) is 16.9 Å². The molecule has 1 aliphatic carbocycles. The second-order valence-corrected chi connectivity index (χ2v) is 5.51. The zero-order valence-corrected chi connectivity index (χ0v) is 11.2. The van der Waals surface area contributed by atoms with E-state index in [4.69, 9.17) is 10.5 Å². The summed E-state index contributed by atoms with van der Waals surface area (Å²) in [6.45, 7) is 0.633. The Morgan fingerprint density at radius 2 is 2.06 bits per heavy atom. The Bertz CT molecular complexity index is 372. The molecule has 88 valence electrons. The predicted molar refractivity (Wildman–Crippen MR) is 69.2 cm³/mol. The van der Waals surface area contributed by atoms with Gasteiger partial charge in [-0.25, -0.2) is 0 Å². The van der Waals surface area contributed by atoms with Gasteiger partial charge in [0.15, 0.2) is 0 Å². The number of rotatable bonds is 3. The summed E-state index contributed by atoms with van der Waals surface area (Å²) in [6, 6.07) is 6.33. The molecule has 0 bridgehead atoms. The molecule has 2 rings (SSSR count). The van der Waals surface area contributed by atoms with Crippen LogP contribution in [0.2, 0.25) is 0 Å². The van der Waals surface area contributed by atoms with Crippen molar-refractivity contribution in [3.8, 4) is 0 Å². The van der Waals surface area contributed by atoms with E-state index in [1.165, 1.54) is 24.0 Å². The van der Waals surface area contributed by atoms with Crippen molar-refractivity contribution in [1.82, 2.24) is 0 Å². The first-order valence-corrected chi connectivity index (χ1v) is 6.52. The van der Waals surface area contributed by atoms with Gasteiger partial charge in [-0.05, 0) is 36.1 Å². The lowest BCUT2D eigenvalue weighted by Gasteiger charge is -2.27. The molecule has 0 spiro atoms. The predicted octanol–water partition coefficient (Wildman–Crippen LogP) is 3.32. The Morgan fingerprint density at radius 1 is 1.38 bits per heavy atom. The van der Waals surface area contributed by atoms with Crippen LogP contribution in [0.15, 0.2) is 22.7 Å². The standard InChI is InChI=1S/C13H18BrNO/c1-16-9-10-8-11(14)4-5-12(10)13(15)6-2-3-7-13/h4-5,8H,2-3,6-7,9,15H2,1H3. The van der Waals surface area contributed by atoms with Crippen LogP contribution in [0.4, 0.5) is 0 Å². The molecule has 16 heavy (non-hydrogen) atoms. The zero-order valence-electron chi connectivity index (χ0n) is 9.63. The van der Waals surface area contributed by atoms with Crippen LogP contribution in [-0.4, -0.2) is 7.11 Å². The third-order valence-corrected chi connectivity index (χ3v) is 3.89. The van der Waals surface area contributed by atoms with E-state index in [1.807, 2.05) is 0 Å². The molecule has 0 saturated heterocycles. The minimum atomic E-state index is -0.130. The first-order valence-electron chi connectivity index (χ1n) is 5.72. The number of benzene rings is 1. The van der Waals surface area contributed by atoms with Crippen molar-refractivity contribution in [2.45, 2.75) is 37.8 Å². The summed E-state index contributed by atoms with van der Waals surface area (Å²) in [5.41, 5.74) is 8.83. The zero-order chi connectivity index (χ0) is 11.6. The van der Waals surface area contributed by atoms with Gasteiger partial charge < -0.3 is 10.5 Å². The number of nitrogens with two attached hydrogens (primary N) is 1. The summed E-state index contributed by atoms with van der Waals surface area (Å²) < 4.78 is 6.34. The summed E-state index contributed by atoms with van der Waals surface area (Å²) in [7, 11) is 1.72. The quantitative estimate of drug-likeness (QED) is 0.924. The molecule has 0 heterocycles. The highest BCUT2D eigenvalue weighted by atomic mass is 79.9. The van der Waals surface area contributed by atoms with Gasteiger partial charge in [-0.2, -0.15) is 0 Å². The maximum atomic E-state index is 6.49. The monoisotopic (exact) mass is 283 g/mol. The van der Waals surface area contributed by atoms with Crippen molar-refractivity contribution in [3.05, 3.63) is 33.8 Å². The van der Waals surface area contributed by atoms with Crippen molar-refractivity contribution in [1.29, 1.82) is 0 Å². The van der Waals surface area contributed by atoms with Crippen LogP contribution >= 0.6 is 15.9 Å². The number of hydrogen-bond donors (Lipinski definition) is 1. The first kappa shape index (κ1) is 12.1. The van der Waals surface area contributed by atoms with Gasteiger partial charge in [0.2, 0.25) is 0 Å². The highest BCUT2D eigenvalue weighted by molar-refractivity contribution is 9.10. The van der Waals surface area contributed by atoms with Gasteiger partial charge in [0.1, 0.15) is 0 Å². The van der Waals surface area contributed by atoms with Gasteiger partial charge in [-0.1, -0.05) is 34.8 Å². The average Bonchev–Trinajstić information content (AvgIpc) is 2.66. The number of ether oxygens (including phenoxy) is 1. The molecule has 2 N–H and O–H groups in total. The molecule has 1 saturated carbocycles. The molecule has 0 radical (unpaired) electrons. The van der Waals surface area contributed by atoms with E-state index < -0.39 is 0 Å². The van der Waals surface area contributed by atoms with E-state index >= 15 is 0 Å². The van der Waals surface area contributed by atoms with Crippen molar-refractivity contribution in [2.75, 3.05) is 7.11 Å². The molecule has 0 atom stereocenters. The summed E-state index contributed by atoms with van der Waals surface area (Å²) in [6.07, 6.45) is 4.65. The van der Waals surface area contributed by atoms with Crippen LogP contribution < -0.4 is 5.73 Å². The van der Waals surface area contributed by atoms with Crippen molar-refractivity contribution >= 4 is 15.9 Å². The van der Waals surface area contributed by atoms with Gasteiger partial charge in [-0.15, -0.1) is 0 Å². The number of methoxy groups -OCH3 is 1. The summed E-state index contributed by atoms with van der Waals surface area (Å²) in [5, 5.41) is 0. The third kappa shape index (κ3) is 2.31. The molecule has 3 heteroatoms. The molecular weight excluding hydrogens is 266 g/mol. The van der Waals surface area contributed by atoms with Gasteiger partial charge in [0, 0.05) is 17.1 Å². The maximum absolute atomic E-state index is 6.49. The Hall–Kier alpha value is -0.380. The largest absolute Gasteiger partial charge is 0.380 e. The Labute approximate surface area is 105 Å². The molecule has 0 aromatic heterocycles. The van der Waals surface area contributed by atoms with Crippen LogP contribution in [0, 0.1) is 0 Å². The van der Waals surface area contributed by atoms with Crippen molar-refractivity contribution in [3.63, 3.8) is 0 Å². The highest BCUT2D eigenvalue weighted by Crippen LogP contribution is 2.38. The second kappa shape index (κ2) is 4.86. The fourth-order valence-electron chi connectivity index (χ4n) is 2.60. The Morgan fingerprint density at radius 3 is 2.69 bits per heavy atom. The minimum absolute atomic E-state index is 0.130. The first-order chi connectivity index (χ1) is 7.65. The van der Waals surface area contributed by atoms with Crippen LogP contribution in [0.25, 0.3) is 0 Å². The van der Waals surface area contributed by atoms with Gasteiger partial charge in [0.05, 0.1) is 6.61 Å². The molecule has 1 fully saturated rings. The van der Waals surface area contributed by atoms with Gasteiger partial charge in [0.25, 0.3) is 0 Å². The van der Waals surface area contributed by atoms with Gasteiger partial charge >= 0.3 is 0 Å². The normalized spacial score (nSPS) is 18.9. The topological polar surface area (TPSA) is 35.2 Å². The van der Waals surface area contributed by atoms with E-state index in [0.717, 1.165) is 17.3 Å². The lowest BCUT2D eigenvalue weighted by molar-refractivity contribution is 0.182. The van der Waals surface area contributed by atoms with Crippen LogP contribution in [0.3, 0.4) is 0 Å². The molecule has 1 aliphatic rings. The molecule has 0 aliphatic heterocycles. The Kier molecular flexibility index (Phi) is 3.67. The fraction of sp³-hybridized carbons (Fsp3) is 0.538. The fourth-order valence-corrected chi connectivity index (χ4v) is 3.01. The minimum Gasteiger partial charge on any atom is -0.380 e.